The number of carbonyl (C=O) groups is 2. The summed E-state index contributed by atoms with van der Waals surface area (Å²) in [5.41, 5.74) is 1.09. The molecule has 1 aliphatic carbocycles. The molecule has 1 atom stereocenters. The van der Waals surface area contributed by atoms with E-state index in [0.717, 1.165) is 18.4 Å². The van der Waals surface area contributed by atoms with Gasteiger partial charge in [0.2, 0.25) is 5.91 Å². The molecule has 106 valence electrons. The maximum atomic E-state index is 11.7. The highest BCUT2D eigenvalue weighted by molar-refractivity contribution is 5.84. The van der Waals surface area contributed by atoms with Crippen molar-refractivity contribution in [1.29, 1.82) is 0 Å². The average Bonchev–Trinajstić information content (AvgIpc) is 3.26. The number of rotatable bonds is 7. The van der Waals surface area contributed by atoms with E-state index in [-0.39, 0.29) is 11.8 Å². The summed E-state index contributed by atoms with van der Waals surface area (Å²) in [5.74, 6) is -1.00. The Morgan fingerprint density at radius 2 is 2.00 bits per heavy atom. The lowest BCUT2D eigenvalue weighted by molar-refractivity contribution is -0.142. The molecular formula is C16H19NO3. The molecule has 1 fully saturated rings. The zero-order valence-electron chi connectivity index (χ0n) is 11.3. The van der Waals surface area contributed by atoms with Crippen LogP contribution in [0.1, 0.15) is 31.2 Å². The van der Waals surface area contributed by atoms with Crippen molar-refractivity contribution >= 4 is 18.0 Å². The third-order valence-electron chi connectivity index (χ3n) is 3.32. The van der Waals surface area contributed by atoms with Crippen molar-refractivity contribution in [3.63, 3.8) is 0 Å². The summed E-state index contributed by atoms with van der Waals surface area (Å²) in [4.78, 5) is 22.7. The van der Waals surface area contributed by atoms with Crippen molar-refractivity contribution in [3.05, 3.63) is 42.0 Å². The molecule has 2 N–H and O–H groups in total. The molecule has 0 saturated heterocycles. The van der Waals surface area contributed by atoms with Crippen molar-refractivity contribution in [2.75, 3.05) is 0 Å². The first kappa shape index (κ1) is 14.3. The second-order valence-electron chi connectivity index (χ2n) is 5.07. The van der Waals surface area contributed by atoms with Crippen LogP contribution in [0.3, 0.4) is 0 Å². The number of aliphatic carboxylic acids is 1. The van der Waals surface area contributed by atoms with Crippen molar-refractivity contribution in [2.45, 2.75) is 31.7 Å². The van der Waals surface area contributed by atoms with Crippen LogP contribution in [0.5, 0.6) is 0 Å². The van der Waals surface area contributed by atoms with Crippen LogP contribution in [0, 0.1) is 5.92 Å². The fraction of sp³-hybridized carbons (Fsp3) is 0.375. The summed E-state index contributed by atoms with van der Waals surface area (Å²) in [6.45, 7) is 0. The molecule has 4 heteroatoms. The van der Waals surface area contributed by atoms with Gasteiger partial charge in [-0.2, -0.15) is 0 Å². The monoisotopic (exact) mass is 273 g/mol. The Hall–Kier alpha value is -2.10. The first-order chi connectivity index (χ1) is 9.66. The number of hydrogen-bond acceptors (Lipinski definition) is 2. The SMILES string of the molecule is O=C(CC/C=C/c1ccccc1)NC(C(=O)O)C1CC1. The maximum Gasteiger partial charge on any atom is 0.326 e. The maximum absolute atomic E-state index is 11.7. The third kappa shape index (κ3) is 4.53. The molecule has 0 aromatic heterocycles. The fourth-order valence-electron chi connectivity index (χ4n) is 2.05. The van der Waals surface area contributed by atoms with Gasteiger partial charge in [0.15, 0.2) is 0 Å². The summed E-state index contributed by atoms with van der Waals surface area (Å²) in [7, 11) is 0. The topological polar surface area (TPSA) is 66.4 Å². The molecule has 0 bridgehead atoms. The lowest BCUT2D eigenvalue weighted by Gasteiger charge is -2.12. The van der Waals surface area contributed by atoms with Gasteiger partial charge in [-0.15, -0.1) is 0 Å². The van der Waals surface area contributed by atoms with Gasteiger partial charge in [0.1, 0.15) is 6.04 Å². The minimum absolute atomic E-state index is 0.122. The minimum atomic E-state index is -0.930. The molecule has 0 spiro atoms. The largest absolute Gasteiger partial charge is 0.480 e. The lowest BCUT2D eigenvalue weighted by atomic mass is 10.1. The second-order valence-corrected chi connectivity index (χ2v) is 5.07. The van der Waals surface area contributed by atoms with Gasteiger partial charge >= 0.3 is 5.97 Å². The van der Waals surface area contributed by atoms with E-state index in [1.807, 2.05) is 42.5 Å². The highest BCUT2D eigenvalue weighted by atomic mass is 16.4. The first-order valence-electron chi connectivity index (χ1n) is 6.90. The summed E-state index contributed by atoms with van der Waals surface area (Å²) >= 11 is 0. The molecule has 0 aliphatic heterocycles. The summed E-state index contributed by atoms with van der Waals surface area (Å²) in [6, 6.07) is 9.14. The second kappa shape index (κ2) is 6.89. The van der Waals surface area contributed by atoms with Crippen LogP contribution in [-0.4, -0.2) is 23.0 Å². The van der Waals surface area contributed by atoms with Gasteiger partial charge in [-0.3, -0.25) is 4.79 Å². The van der Waals surface area contributed by atoms with E-state index >= 15 is 0 Å². The van der Waals surface area contributed by atoms with E-state index in [4.69, 9.17) is 5.11 Å². The first-order valence-corrected chi connectivity index (χ1v) is 6.90. The number of amides is 1. The summed E-state index contributed by atoms with van der Waals surface area (Å²) < 4.78 is 0. The molecule has 0 radical (unpaired) electrons. The molecule has 20 heavy (non-hydrogen) atoms. The number of nitrogens with one attached hydrogen (secondary N) is 1. The third-order valence-corrected chi connectivity index (χ3v) is 3.32. The van der Waals surface area contributed by atoms with Crippen LogP contribution < -0.4 is 5.32 Å². The van der Waals surface area contributed by atoms with Gasteiger partial charge in [-0.05, 0) is 30.7 Å². The summed E-state index contributed by atoms with van der Waals surface area (Å²) in [5, 5.41) is 11.6. The smallest absolute Gasteiger partial charge is 0.326 e. The molecular weight excluding hydrogens is 254 g/mol. The van der Waals surface area contributed by atoms with E-state index in [2.05, 4.69) is 5.32 Å². The molecule has 0 heterocycles. The van der Waals surface area contributed by atoms with Crippen LogP contribution >= 0.6 is 0 Å². The molecule has 1 unspecified atom stereocenters. The number of benzene rings is 1. The Kier molecular flexibility index (Phi) is 4.93. The molecule has 1 aromatic rings. The zero-order chi connectivity index (χ0) is 14.4. The highest BCUT2D eigenvalue weighted by Crippen LogP contribution is 2.32. The van der Waals surface area contributed by atoms with Gasteiger partial charge in [-0.1, -0.05) is 42.5 Å². The molecule has 4 nitrogen and oxygen atoms in total. The number of hydrogen-bond donors (Lipinski definition) is 2. The van der Waals surface area contributed by atoms with Gasteiger partial charge in [0, 0.05) is 6.42 Å². The molecule has 1 saturated carbocycles. The van der Waals surface area contributed by atoms with Crippen molar-refractivity contribution in [3.8, 4) is 0 Å². The number of carboxylic acid groups (broad SMARTS) is 1. The minimum Gasteiger partial charge on any atom is -0.480 e. The zero-order valence-corrected chi connectivity index (χ0v) is 11.3. The van der Waals surface area contributed by atoms with Crippen LogP contribution in [0.4, 0.5) is 0 Å². The Morgan fingerprint density at radius 1 is 1.30 bits per heavy atom. The van der Waals surface area contributed by atoms with Crippen LogP contribution in [0.15, 0.2) is 36.4 Å². The average molecular weight is 273 g/mol. The Morgan fingerprint density at radius 3 is 2.60 bits per heavy atom. The van der Waals surface area contributed by atoms with Crippen LogP contribution in [0.2, 0.25) is 0 Å². The number of carbonyl (C=O) groups excluding carboxylic acids is 1. The van der Waals surface area contributed by atoms with E-state index in [1.165, 1.54) is 0 Å². The summed E-state index contributed by atoms with van der Waals surface area (Å²) in [6.07, 6.45) is 6.61. The predicted octanol–water partition coefficient (Wildman–Crippen LogP) is 2.46. The van der Waals surface area contributed by atoms with E-state index in [0.29, 0.717) is 12.8 Å². The normalized spacial score (nSPS) is 16.0. The number of carboxylic acids is 1. The molecule has 1 aromatic carbocycles. The standard InChI is InChI=1S/C16H19NO3/c18-14(17-15(16(19)20)13-10-11-13)9-5-4-8-12-6-2-1-3-7-12/h1-4,6-8,13,15H,5,9-11H2,(H,17,18)(H,19,20)/b8-4+. The Labute approximate surface area is 118 Å². The van der Waals surface area contributed by atoms with Crippen molar-refractivity contribution in [2.24, 2.45) is 5.92 Å². The predicted molar refractivity (Wildman–Crippen MR) is 77.0 cm³/mol. The van der Waals surface area contributed by atoms with E-state index in [1.54, 1.807) is 0 Å². The Bertz CT molecular complexity index is 492. The van der Waals surface area contributed by atoms with Gasteiger partial charge < -0.3 is 10.4 Å². The van der Waals surface area contributed by atoms with E-state index in [9.17, 15) is 9.59 Å². The molecule has 1 aliphatic rings. The van der Waals surface area contributed by atoms with E-state index < -0.39 is 12.0 Å². The van der Waals surface area contributed by atoms with Gasteiger partial charge in [-0.25, -0.2) is 4.79 Å². The van der Waals surface area contributed by atoms with Gasteiger partial charge in [0.25, 0.3) is 0 Å². The lowest BCUT2D eigenvalue weighted by Crippen LogP contribution is -2.42. The van der Waals surface area contributed by atoms with Crippen molar-refractivity contribution in [1.82, 2.24) is 5.32 Å². The Balaban J connectivity index is 1.72. The quantitative estimate of drug-likeness (QED) is 0.802. The van der Waals surface area contributed by atoms with Crippen molar-refractivity contribution < 1.29 is 14.7 Å². The van der Waals surface area contributed by atoms with Crippen LogP contribution in [-0.2, 0) is 9.59 Å². The molecule has 2 rings (SSSR count). The van der Waals surface area contributed by atoms with Crippen LogP contribution in [0.25, 0.3) is 6.08 Å². The highest BCUT2D eigenvalue weighted by Gasteiger charge is 2.36. The van der Waals surface area contributed by atoms with Gasteiger partial charge in [0.05, 0.1) is 0 Å². The molecule has 1 amide bonds. The fourth-order valence-corrected chi connectivity index (χ4v) is 2.05. The number of allylic oxidation sites excluding steroid dienone is 1.